The normalized spacial score (nSPS) is 16.6. The first kappa shape index (κ1) is 26.2. The third-order valence-corrected chi connectivity index (χ3v) is 6.67. The van der Waals surface area contributed by atoms with Crippen LogP contribution in [0.1, 0.15) is 46.4 Å². The molecule has 1 aliphatic heterocycles. The summed E-state index contributed by atoms with van der Waals surface area (Å²) in [7, 11) is 1.53. The highest BCUT2D eigenvalue weighted by atomic mass is 79.9. The molecule has 1 atom stereocenters. The molecular formula is C29H26BrNO6. The molecule has 4 rings (SSSR count). The van der Waals surface area contributed by atoms with Gasteiger partial charge in [0, 0.05) is 11.3 Å². The Balaban J connectivity index is 1.84. The van der Waals surface area contributed by atoms with Gasteiger partial charge in [0.1, 0.15) is 11.5 Å². The fourth-order valence-corrected chi connectivity index (χ4v) is 4.80. The van der Waals surface area contributed by atoms with E-state index in [1.54, 1.807) is 42.5 Å². The summed E-state index contributed by atoms with van der Waals surface area (Å²) in [5.41, 5.74) is 2.68. The molecule has 1 N–H and O–H groups in total. The lowest BCUT2D eigenvalue weighted by Gasteiger charge is -2.26. The lowest BCUT2D eigenvalue weighted by molar-refractivity contribution is -0.132. The maximum absolute atomic E-state index is 13.4. The Morgan fingerprint density at radius 3 is 2.35 bits per heavy atom. The summed E-state index contributed by atoms with van der Waals surface area (Å²) in [4.78, 5) is 40.3. The molecule has 8 heteroatoms. The van der Waals surface area contributed by atoms with Gasteiger partial charge in [0.05, 0.1) is 35.4 Å². The van der Waals surface area contributed by atoms with Crippen LogP contribution in [0.15, 0.2) is 76.8 Å². The average Bonchev–Trinajstić information content (AvgIpc) is 3.17. The van der Waals surface area contributed by atoms with E-state index < -0.39 is 23.7 Å². The molecule has 0 aromatic heterocycles. The van der Waals surface area contributed by atoms with E-state index in [-0.39, 0.29) is 11.3 Å². The predicted molar refractivity (Wildman–Crippen MR) is 144 cm³/mol. The van der Waals surface area contributed by atoms with Crippen molar-refractivity contribution in [3.8, 4) is 5.75 Å². The number of hydrogen-bond acceptors (Lipinski definition) is 6. The molecule has 1 fully saturated rings. The highest BCUT2D eigenvalue weighted by molar-refractivity contribution is 9.10. The molecule has 1 amide bonds. The van der Waals surface area contributed by atoms with Gasteiger partial charge in [0.25, 0.3) is 11.7 Å². The van der Waals surface area contributed by atoms with Crippen LogP contribution in [0.25, 0.3) is 5.76 Å². The van der Waals surface area contributed by atoms with E-state index >= 15 is 0 Å². The number of ketones is 1. The van der Waals surface area contributed by atoms with E-state index in [2.05, 4.69) is 15.9 Å². The summed E-state index contributed by atoms with van der Waals surface area (Å²) in [5, 5.41) is 11.3. The maximum Gasteiger partial charge on any atom is 0.338 e. The lowest BCUT2D eigenvalue weighted by Crippen LogP contribution is -2.29. The van der Waals surface area contributed by atoms with Gasteiger partial charge in [0.2, 0.25) is 0 Å². The number of carbonyl (C=O) groups excluding carboxylic acids is 3. The minimum Gasteiger partial charge on any atom is -0.507 e. The van der Waals surface area contributed by atoms with Crippen LogP contribution in [-0.4, -0.2) is 36.5 Å². The highest BCUT2D eigenvalue weighted by Crippen LogP contribution is 2.43. The molecule has 1 heterocycles. The van der Waals surface area contributed by atoms with Crippen molar-refractivity contribution >= 4 is 45.0 Å². The van der Waals surface area contributed by atoms with Crippen LogP contribution < -0.4 is 9.64 Å². The van der Waals surface area contributed by atoms with Gasteiger partial charge in [-0.05, 0) is 77.3 Å². The predicted octanol–water partition coefficient (Wildman–Crippen LogP) is 5.96. The van der Waals surface area contributed by atoms with E-state index in [9.17, 15) is 19.5 Å². The van der Waals surface area contributed by atoms with Crippen LogP contribution in [0.3, 0.4) is 0 Å². The van der Waals surface area contributed by atoms with Crippen molar-refractivity contribution < 1.29 is 29.0 Å². The second-order valence-corrected chi connectivity index (χ2v) is 9.47. The fourth-order valence-electron chi connectivity index (χ4n) is 4.26. The summed E-state index contributed by atoms with van der Waals surface area (Å²) in [6, 6.07) is 17.8. The van der Waals surface area contributed by atoms with Gasteiger partial charge in [-0.15, -0.1) is 0 Å². The number of halogens is 1. The first-order valence-corrected chi connectivity index (χ1v) is 12.5. The smallest absolute Gasteiger partial charge is 0.338 e. The molecule has 0 radical (unpaired) electrons. The average molecular weight is 564 g/mol. The third-order valence-electron chi connectivity index (χ3n) is 6.05. The quantitative estimate of drug-likeness (QED) is 0.165. The van der Waals surface area contributed by atoms with Gasteiger partial charge < -0.3 is 14.6 Å². The number of aliphatic hydroxyl groups is 1. The minimum atomic E-state index is -0.876. The van der Waals surface area contributed by atoms with Crippen molar-refractivity contribution in [1.29, 1.82) is 0 Å². The van der Waals surface area contributed by atoms with Gasteiger partial charge in [-0.2, -0.15) is 0 Å². The zero-order chi connectivity index (χ0) is 26.7. The first-order valence-electron chi connectivity index (χ1n) is 11.8. The molecule has 1 aliphatic rings. The van der Waals surface area contributed by atoms with Crippen LogP contribution >= 0.6 is 15.9 Å². The maximum atomic E-state index is 13.4. The summed E-state index contributed by atoms with van der Waals surface area (Å²) in [6.07, 6.45) is 0.704. The SMILES string of the molecule is CCCOC(=O)c1ccc(N2C(=O)C(=O)/C(=C(\O)c3ccc(OC)c(Br)c3)C2c2cccc(C)c2)cc1. The Morgan fingerprint density at radius 2 is 1.73 bits per heavy atom. The molecule has 3 aromatic carbocycles. The van der Waals surface area contributed by atoms with Gasteiger partial charge in [-0.1, -0.05) is 36.8 Å². The number of Topliss-reactive ketones (excluding diaryl/α,β-unsaturated/α-hetero) is 1. The lowest BCUT2D eigenvalue weighted by atomic mass is 9.94. The molecule has 190 valence electrons. The molecule has 0 aliphatic carbocycles. The number of ether oxygens (including phenoxy) is 2. The zero-order valence-corrected chi connectivity index (χ0v) is 22.2. The van der Waals surface area contributed by atoms with Crippen LogP contribution in [0.5, 0.6) is 5.75 Å². The number of aryl methyl sites for hydroxylation is 1. The molecule has 1 saturated heterocycles. The zero-order valence-electron chi connectivity index (χ0n) is 20.7. The van der Waals surface area contributed by atoms with Crippen molar-refractivity contribution in [3.63, 3.8) is 0 Å². The third kappa shape index (κ3) is 5.15. The molecular weight excluding hydrogens is 538 g/mol. The number of carbonyl (C=O) groups is 3. The van der Waals surface area contributed by atoms with Crippen LogP contribution in [0.4, 0.5) is 5.69 Å². The monoisotopic (exact) mass is 563 g/mol. The van der Waals surface area contributed by atoms with Gasteiger partial charge in [-0.25, -0.2) is 4.79 Å². The number of nitrogens with zero attached hydrogens (tertiary/aromatic N) is 1. The van der Waals surface area contributed by atoms with Crippen LogP contribution in [0.2, 0.25) is 0 Å². The largest absolute Gasteiger partial charge is 0.507 e. The van der Waals surface area contributed by atoms with Crippen LogP contribution in [0, 0.1) is 6.92 Å². The Morgan fingerprint density at radius 1 is 1.03 bits per heavy atom. The Kier molecular flexibility index (Phi) is 7.78. The number of methoxy groups -OCH3 is 1. The van der Waals surface area contributed by atoms with Crippen molar-refractivity contribution in [1.82, 2.24) is 0 Å². The van der Waals surface area contributed by atoms with Gasteiger partial charge >= 0.3 is 5.97 Å². The Hall–Kier alpha value is -3.91. The second-order valence-electron chi connectivity index (χ2n) is 8.62. The fraction of sp³-hybridized carbons (Fsp3) is 0.207. The summed E-state index contributed by atoms with van der Waals surface area (Å²) in [6.45, 7) is 4.12. The number of hydrogen-bond donors (Lipinski definition) is 1. The van der Waals surface area contributed by atoms with Crippen LogP contribution in [-0.2, 0) is 14.3 Å². The van der Waals surface area contributed by atoms with Gasteiger partial charge in [-0.3, -0.25) is 14.5 Å². The molecule has 7 nitrogen and oxygen atoms in total. The summed E-state index contributed by atoms with van der Waals surface area (Å²) in [5.74, 6) is -1.78. The van der Waals surface area contributed by atoms with E-state index in [0.29, 0.717) is 45.6 Å². The van der Waals surface area contributed by atoms with E-state index in [4.69, 9.17) is 9.47 Å². The Labute approximate surface area is 223 Å². The van der Waals surface area contributed by atoms with E-state index in [1.165, 1.54) is 12.0 Å². The van der Waals surface area contributed by atoms with Crippen molar-refractivity contribution in [2.24, 2.45) is 0 Å². The number of esters is 1. The summed E-state index contributed by atoms with van der Waals surface area (Å²) < 4.78 is 11.0. The second kappa shape index (κ2) is 11.0. The highest BCUT2D eigenvalue weighted by Gasteiger charge is 2.47. The van der Waals surface area contributed by atoms with Crippen molar-refractivity contribution in [2.75, 3.05) is 18.6 Å². The number of anilines is 1. The van der Waals surface area contributed by atoms with E-state index in [1.807, 2.05) is 38.1 Å². The molecule has 0 spiro atoms. The van der Waals surface area contributed by atoms with Crippen molar-refractivity contribution in [3.05, 3.63) is 99.0 Å². The molecule has 37 heavy (non-hydrogen) atoms. The Bertz CT molecular complexity index is 1400. The number of aliphatic hydroxyl groups excluding tert-OH is 1. The minimum absolute atomic E-state index is 0.0286. The molecule has 3 aromatic rings. The topological polar surface area (TPSA) is 93.1 Å². The number of rotatable bonds is 7. The molecule has 0 saturated carbocycles. The molecule has 0 bridgehead atoms. The summed E-state index contributed by atoms with van der Waals surface area (Å²) >= 11 is 3.40. The van der Waals surface area contributed by atoms with Crippen molar-refractivity contribution in [2.45, 2.75) is 26.3 Å². The van der Waals surface area contributed by atoms with Gasteiger partial charge in [0.15, 0.2) is 0 Å². The first-order chi connectivity index (χ1) is 17.8. The standard InChI is InChI=1S/C29H26BrNO6/c1-4-14-37-29(35)18-8-11-21(12-9-18)31-25(19-7-5-6-17(2)15-19)24(27(33)28(31)34)26(32)20-10-13-23(36-3)22(30)16-20/h5-13,15-16,25,32H,4,14H2,1-3H3/b26-24-. The molecule has 1 unspecified atom stereocenters. The number of amides is 1. The number of benzene rings is 3. The van der Waals surface area contributed by atoms with E-state index in [0.717, 1.165) is 5.56 Å².